The lowest BCUT2D eigenvalue weighted by Crippen LogP contribution is -2.12. The molecule has 0 unspecified atom stereocenters. The van der Waals surface area contributed by atoms with Crippen LogP contribution in [0, 0.1) is 6.92 Å². The molecule has 174 valence electrons. The smallest absolute Gasteiger partial charge is 0.224 e. The van der Waals surface area contributed by atoms with Gasteiger partial charge in [-0.05, 0) is 36.8 Å². The van der Waals surface area contributed by atoms with Gasteiger partial charge in [-0.2, -0.15) is 0 Å². The number of hydrogen-bond donors (Lipinski definition) is 1. The fourth-order valence-electron chi connectivity index (χ4n) is 3.87. The Morgan fingerprint density at radius 3 is 2.60 bits per heavy atom. The number of hydrogen-bond acceptors (Lipinski definition) is 5. The molecule has 0 aliphatic carbocycles. The van der Waals surface area contributed by atoms with Gasteiger partial charge in [0, 0.05) is 36.4 Å². The minimum absolute atomic E-state index is 0.0699. The lowest BCUT2D eigenvalue weighted by Gasteiger charge is -2.06. The predicted molar refractivity (Wildman–Crippen MR) is 135 cm³/mol. The molecule has 2 heterocycles. The molecule has 0 aliphatic rings. The highest BCUT2D eigenvalue weighted by Crippen LogP contribution is 2.22. The zero-order valence-electron chi connectivity index (χ0n) is 19.3. The number of carbonyl (C=O) groups excluding carboxylic acids is 1. The van der Waals surface area contributed by atoms with Crippen molar-refractivity contribution in [1.29, 1.82) is 0 Å². The van der Waals surface area contributed by atoms with Crippen molar-refractivity contribution in [1.82, 2.24) is 15.0 Å². The summed E-state index contributed by atoms with van der Waals surface area (Å²) in [5.74, 6) is 0.475. The second-order valence-electron chi connectivity index (χ2n) is 8.49. The molecule has 0 atom stereocenters. The monoisotopic (exact) mass is 464 g/mol. The number of nitrogens with one attached hydrogen (secondary N) is 1. The third-order valence-corrected chi connectivity index (χ3v) is 5.72. The van der Waals surface area contributed by atoms with E-state index in [0.29, 0.717) is 36.1 Å². The summed E-state index contributed by atoms with van der Waals surface area (Å²) >= 11 is 0. The Morgan fingerprint density at radius 1 is 1.00 bits per heavy atom. The van der Waals surface area contributed by atoms with Gasteiger partial charge in [-0.1, -0.05) is 59.3 Å². The van der Waals surface area contributed by atoms with Gasteiger partial charge in [0.15, 0.2) is 5.43 Å². The SMILES string of the molecule is Cc1ccc(NC(=O)CCc2cn(Cc3ccc4oc(-c5ccccc5)cc(=O)c4c3)nn2)cc1. The van der Waals surface area contributed by atoms with E-state index >= 15 is 0 Å². The van der Waals surface area contributed by atoms with Crippen LogP contribution >= 0.6 is 0 Å². The molecule has 0 radical (unpaired) electrons. The van der Waals surface area contributed by atoms with Crippen LogP contribution in [0.1, 0.15) is 23.2 Å². The Balaban J connectivity index is 1.24. The number of aryl methyl sites for hydroxylation is 2. The van der Waals surface area contributed by atoms with Crippen LogP contribution in [0.4, 0.5) is 5.69 Å². The summed E-state index contributed by atoms with van der Waals surface area (Å²) in [7, 11) is 0. The van der Waals surface area contributed by atoms with Crippen molar-refractivity contribution in [3.8, 4) is 11.3 Å². The van der Waals surface area contributed by atoms with E-state index in [-0.39, 0.29) is 11.3 Å². The molecule has 0 fully saturated rings. The molecule has 5 rings (SSSR count). The average molecular weight is 465 g/mol. The van der Waals surface area contributed by atoms with Gasteiger partial charge < -0.3 is 9.73 Å². The maximum absolute atomic E-state index is 12.7. The van der Waals surface area contributed by atoms with Crippen LogP contribution in [0.25, 0.3) is 22.3 Å². The molecule has 0 spiro atoms. The summed E-state index contributed by atoms with van der Waals surface area (Å²) in [6.07, 6.45) is 2.62. The van der Waals surface area contributed by atoms with Gasteiger partial charge in [-0.3, -0.25) is 9.59 Å². The van der Waals surface area contributed by atoms with Gasteiger partial charge in [0.1, 0.15) is 11.3 Å². The second-order valence-corrected chi connectivity index (χ2v) is 8.49. The van der Waals surface area contributed by atoms with Crippen molar-refractivity contribution in [2.75, 3.05) is 5.32 Å². The molecule has 0 aliphatic heterocycles. The van der Waals surface area contributed by atoms with Crippen LogP contribution in [0.5, 0.6) is 0 Å². The first kappa shape index (κ1) is 22.3. The van der Waals surface area contributed by atoms with E-state index in [2.05, 4.69) is 15.6 Å². The minimum Gasteiger partial charge on any atom is -0.456 e. The number of nitrogens with zero attached hydrogens (tertiary/aromatic N) is 3. The fraction of sp³-hybridized carbons (Fsp3) is 0.143. The fourth-order valence-corrected chi connectivity index (χ4v) is 3.87. The van der Waals surface area contributed by atoms with Crippen LogP contribution in [0.3, 0.4) is 0 Å². The number of anilines is 1. The maximum atomic E-state index is 12.7. The summed E-state index contributed by atoms with van der Waals surface area (Å²) in [6.45, 7) is 2.46. The number of aromatic nitrogens is 3. The van der Waals surface area contributed by atoms with Gasteiger partial charge >= 0.3 is 0 Å². The highest BCUT2D eigenvalue weighted by molar-refractivity contribution is 5.90. The van der Waals surface area contributed by atoms with Crippen molar-refractivity contribution in [3.05, 3.63) is 112 Å². The largest absolute Gasteiger partial charge is 0.456 e. The van der Waals surface area contributed by atoms with E-state index in [1.807, 2.05) is 85.9 Å². The number of rotatable bonds is 7. The van der Waals surface area contributed by atoms with E-state index in [9.17, 15) is 9.59 Å². The molecular formula is C28H24N4O3. The first-order valence-electron chi connectivity index (χ1n) is 11.4. The highest BCUT2D eigenvalue weighted by atomic mass is 16.3. The van der Waals surface area contributed by atoms with Crippen LogP contribution in [-0.2, 0) is 17.8 Å². The predicted octanol–water partition coefficient (Wildman–Crippen LogP) is 4.98. The average Bonchev–Trinajstić information content (AvgIpc) is 3.32. The molecule has 3 aromatic carbocycles. The minimum atomic E-state index is -0.0918. The van der Waals surface area contributed by atoms with Crippen LogP contribution in [0.2, 0.25) is 0 Å². The summed E-state index contributed by atoms with van der Waals surface area (Å²) in [6, 6.07) is 24.3. The summed E-state index contributed by atoms with van der Waals surface area (Å²) in [5, 5.41) is 11.8. The first-order chi connectivity index (χ1) is 17.0. The Hall–Kier alpha value is -4.52. The lowest BCUT2D eigenvalue weighted by atomic mass is 10.1. The Bertz CT molecular complexity index is 1540. The third-order valence-electron chi connectivity index (χ3n) is 5.72. The van der Waals surface area contributed by atoms with Crippen LogP contribution < -0.4 is 10.7 Å². The van der Waals surface area contributed by atoms with Gasteiger partial charge in [0.25, 0.3) is 0 Å². The molecule has 7 heteroatoms. The standard InChI is InChI=1S/C28H24N4O3/c1-19-7-10-22(11-8-19)29-28(34)14-12-23-18-32(31-30-23)17-20-9-13-26-24(15-20)25(33)16-27(35-26)21-5-3-2-4-6-21/h2-11,13,15-16,18H,12,14,17H2,1H3,(H,29,34). The lowest BCUT2D eigenvalue weighted by molar-refractivity contribution is -0.116. The van der Waals surface area contributed by atoms with E-state index < -0.39 is 0 Å². The Labute approximate surface area is 202 Å². The molecule has 1 amide bonds. The van der Waals surface area contributed by atoms with Gasteiger partial charge in [-0.15, -0.1) is 5.10 Å². The zero-order chi connectivity index (χ0) is 24.2. The molecule has 1 N–H and O–H groups in total. The van der Waals surface area contributed by atoms with Crippen molar-refractivity contribution in [3.63, 3.8) is 0 Å². The van der Waals surface area contributed by atoms with E-state index in [1.165, 1.54) is 6.07 Å². The number of fused-ring (bicyclic) bond motifs is 1. The number of carbonyl (C=O) groups is 1. The molecule has 7 nitrogen and oxygen atoms in total. The quantitative estimate of drug-likeness (QED) is 0.367. The zero-order valence-corrected chi connectivity index (χ0v) is 19.3. The third kappa shape index (κ3) is 5.35. The van der Waals surface area contributed by atoms with Crippen molar-refractivity contribution in [2.45, 2.75) is 26.3 Å². The van der Waals surface area contributed by atoms with Crippen molar-refractivity contribution in [2.24, 2.45) is 0 Å². The molecule has 0 bridgehead atoms. The summed E-state index contributed by atoms with van der Waals surface area (Å²) < 4.78 is 7.67. The summed E-state index contributed by atoms with van der Waals surface area (Å²) in [5.41, 5.74) is 4.87. The van der Waals surface area contributed by atoms with Crippen LogP contribution in [-0.4, -0.2) is 20.9 Å². The van der Waals surface area contributed by atoms with Gasteiger partial charge in [0.2, 0.25) is 5.91 Å². The molecular weight excluding hydrogens is 440 g/mol. The summed E-state index contributed by atoms with van der Waals surface area (Å²) in [4.78, 5) is 25.0. The topological polar surface area (TPSA) is 90.0 Å². The normalized spacial score (nSPS) is 11.0. The Kier molecular flexibility index (Phi) is 6.22. The molecule has 5 aromatic rings. The van der Waals surface area contributed by atoms with E-state index in [1.54, 1.807) is 4.68 Å². The van der Waals surface area contributed by atoms with E-state index in [4.69, 9.17) is 4.42 Å². The van der Waals surface area contributed by atoms with Gasteiger partial charge in [-0.25, -0.2) is 4.68 Å². The van der Waals surface area contributed by atoms with E-state index in [0.717, 1.165) is 28.1 Å². The molecule has 2 aromatic heterocycles. The maximum Gasteiger partial charge on any atom is 0.224 e. The number of benzene rings is 3. The number of amides is 1. The highest BCUT2D eigenvalue weighted by Gasteiger charge is 2.10. The molecule has 35 heavy (non-hydrogen) atoms. The molecule has 0 saturated carbocycles. The van der Waals surface area contributed by atoms with Crippen molar-refractivity contribution >= 4 is 22.6 Å². The second kappa shape index (κ2) is 9.77. The van der Waals surface area contributed by atoms with Gasteiger partial charge in [0.05, 0.1) is 17.6 Å². The molecule has 0 saturated heterocycles. The Morgan fingerprint density at radius 2 is 1.80 bits per heavy atom. The first-order valence-corrected chi connectivity index (χ1v) is 11.4. The van der Waals surface area contributed by atoms with Crippen LogP contribution in [0.15, 0.2) is 94.3 Å². The van der Waals surface area contributed by atoms with Crippen molar-refractivity contribution < 1.29 is 9.21 Å².